The summed E-state index contributed by atoms with van der Waals surface area (Å²) in [7, 11) is -3.48. The van der Waals surface area contributed by atoms with Crippen LogP contribution in [0.25, 0.3) is 0 Å². The molecular formula is C20H29N3O5S. The van der Waals surface area contributed by atoms with Crippen LogP contribution in [0.1, 0.15) is 38.8 Å². The summed E-state index contributed by atoms with van der Waals surface area (Å²) >= 11 is 0. The molecule has 0 radical (unpaired) electrons. The highest BCUT2D eigenvalue weighted by Crippen LogP contribution is 2.20. The molecule has 29 heavy (non-hydrogen) atoms. The highest BCUT2D eigenvalue weighted by molar-refractivity contribution is 7.89. The summed E-state index contributed by atoms with van der Waals surface area (Å²) in [5.41, 5.74) is 0.829. The maximum atomic E-state index is 12.3. The molecule has 9 heteroatoms. The van der Waals surface area contributed by atoms with Crippen LogP contribution in [-0.4, -0.2) is 50.7 Å². The van der Waals surface area contributed by atoms with E-state index in [1.165, 1.54) is 4.90 Å². The predicted molar refractivity (Wildman–Crippen MR) is 111 cm³/mol. The number of ether oxygens (including phenoxy) is 1. The van der Waals surface area contributed by atoms with Crippen molar-refractivity contribution in [3.05, 3.63) is 42.0 Å². The maximum Gasteiger partial charge on any atom is 0.324 e. The lowest BCUT2D eigenvalue weighted by Gasteiger charge is -2.16. The fraction of sp³-hybridized carbons (Fsp3) is 0.500. The third kappa shape index (κ3) is 7.86. The number of hydrogen-bond acceptors (Lipinski definition) is 5. The first kappa shape index (κ1) is 22.9. The van der Waals surface area contributed by atoms with Gasteiger partial charge in [-0.15, -0.1) is 0 Å². The van der Waals surface area contributed by atoms with Crippen LogP contribution < -0.4 is 14.8 Å². The van der Waals surface area contributed by atoms with Crippen LogP contribution >= 0.6 is 0 Å². The molecule has 1 unspecified atom stereocenters. The van der Waals surface area contributed by atoms with Gasteiger partial charge >= 0.3 is 6.03 Å². The molecule has 0 bridgehead atoms. The van der Waals surface area contributed by atoms with Gasteiger partial charge in [-0.2, -0.15) is 0 Å². The molecular weight excluding hydrogens is 394 g/mol. The molecule has 8 nitrogen and oxygen atoms in total. The molecule has 0 spiro atoms. The molecule has 1 saturated heterocycles. The van der Waals surface area contributed by atoms with E-state index >= 15 is 0 Å². The largest absolute Gasteiger partial charge is 0.493 e. The van der Waals surface area contributed by atoms with E-state index in [0.717, 1.165) is 11.3 Å². The van der Waals surface area contributed by atoms with E-state index in [2.05, 4.69) is 23.9 Å². The highest BCUT2D eigenvalue weighted by atomic mass is 32.2. The quantitative estimate of drug-likeness (QED) is 0.419. The van der Waals surface area contributed by atoms with Crippen LogP contribution in [0.5, 0.6) is 5.75 Å². The van der Waals surface area contributed by atoms with Crippen molar-refractivity contribution in [3.8, 4) is 5.75 Å². The van der Waals surface area contributed by atoms with Crippen LogP contribution in [0.4, 0.5) is 4.79 Å². The minimum absolute atomic E-state index is 0.0283. The first-order chi connectivity index (χ1) is 13.7. The molecule has 1 heterocycles. The smallest absolute Gasteiger partial charge is 0.324 e. The Kier molecular flexibility index (Phi) is 8.21. The van der Waals surface area contributed by atoms with Crippen molar-refractivity contribution in [1.29, 1.82) is 0 Å². The second-order valence-electron chi connectivity index (χ2n) is 7.43. The zero-order valence-corrected chi connectivity index (χ0v) is 17.9. The van der Waals surface area contributed by atoms with Gasteiger partial charge in [0, 0.05) is 12.6 Å². The summed E-state index contributed by atoms with van der Waals surface area (Å²) in [4.78, 5) is 23.9. The Hall–Kier alpha value is -2.39. The molecule has 1 aliphatic heterocycles. The van der Waals surface area contributed by atoms with Crippen molar-refractivity contribution < 1.29 is 22.7 Å². The second kappa shape index (κ2) is 10.4. The fourth-order valence-corrected chi connectivity index (χ4v) is 3.95. The number of hydrogen-bond donors (Lipinski definition) is 2. The number of nitrogens with one attached hydrogen (secondary N) is 2. The standard InChI is InChI=1S/C20H29N3O5S/c1-15(2)14-28-18-9-7-8-17(12-18)16(3)22-29(26,27)11-6-4-5-10-23-13-19(24)21-20(23)25/h4-5,7-9,12,15-16,22H,6,10-11,13-14H2,1-3H3,(H,21,24,25). The van der Waals surface area contributed by atoms with E-state index < -0.39 is 16.1 Å². The Morgan fingerprint density at radius 3 is 2.66 bits per heavy atom. The van der Waals surface area contributed by atoms with E-state index in [0.29, 0.717) is 18.9 Å². The Balaban J connectivity index is 1.81. The Bertz CT molecular complexity index is 851. The van der Waals surface area contributed by atoms with Crippen molar-refractivity contribution >= 4 is 22.0 Å². The van der Waals surface area contributed by atoms with E-state index in [-0.39, 0.29) is 30.8 Å². The van der Waals surface area contributed by atoms with Gasteiger partial charge in [0.15, 0.2) is 0 Å². The average Bonchev–Trinajstić information content (AvgIpc) is 2.96. The summed E-state index contributed by atoms with van der Waals surface area (Å²) in [6, 6.07) is 6.59. The summed E-state index contributed by atoms with van der Waals surface area (Å²) in [6.45, 7) is 6.81. The van der Waals surface area contributed by atoms with Gasteiger partial charge in [0.25, 0.3) is 0 Å². The molecule has 1 aromatic rings. The summed E-state index contributed by atoms with van der Waals surface area (Å²) in [6.07, 6.45) is 3.69. The third-order valence-electron chi connectivity index (χ3n) is 4.21. The SMILES string of the molecule is CC(C)COc1cccc(C(C)NS(=O)(=O)CCC=CCN2CC(=O)NC2=O)c1. The average molecular weight is 424 g/mol. The van der Waals surface area contributed by atoms with E-state index in [1.54, 1.807) is 19.1 Å². The molecule has 0 saturated carbocycles. The number of urea groups is 1. The monoisotopic (exact) mass is 423 g/mol. The topological polar surface area (TPSA) is 105 Å². The lowest BCUT2D eigenvalue weighted by Crippen LogP contribution is -2.29. The minimum atomic E-state index is -3.48. The van der Waals surface area contributed by atoms with E-state index in [4.69, 9.17) is 4.74 Å². The van der Waals surface area contributed by atoms with Crippen molar-refractivity contribution in [2.24, 2.45) is 5.92 Å². The molecule has 1 fully saturated rings. The molecule has 3 amide bonds. The maximum absolute atomic E-state index is 12.3. The first-order valence-electron chi connectivity index (χ1n) is 9.63. The number of carbonyl (C=O) groups is 2. The summed E-state index contributed by atoms with van der Waals surface area (Å²) in [5, 5.41) is 2.19. The third-order valence-corrected chi connectivity index (χ3v) is 5.70. The molecule has 1 aromatic carbocycles. The number of benzene rings is 1. The van der Waals surface area contributed by atoms with Crippen LogP contribution in [0.15, 0.2) is 36.4 Å². The number of nitrogens with zero attached hydrogens (tertiary/aromatic N) is 1. The number of allylic oxidation sites excluding steroid dienone is 1. The van der Waals surface area contributed by atoms with Crippen LogP contribution in [0.3, 0.4) is 0 Å². The van der Waals surface area contributed by atoms with Gasteiger partial charge in [-0.25, -0.2) is 17.9 Å². The number of rotatable bonds is 11. The van der Waals surface area contributed by atoms with Gasteiger partial charge in [0.05, 0.1) is 12.4 Å². The number of carbonyl (C=O) groups excluding carboxylic acids is 2. The Labute approximate surface area is 172 Å². The van der Waals surface area contributed by atoms with Crippen molar-refractivity contribution in [2.45, 2.75) is 33.2 Å². The molecule has 2 N–H and O–H groups in total. The Morgan fingerprint density at radius 2 is 2.00 bits per heavy atom. The first-order valence-corrected chi connectivity index (χ1v) is 11.3. The molecule has 0 aliphatic carbocycles. The van der Waals surface area contributed by atoms with Gasteiger partial charge in [0.1, 0.15) is 12.3 Å². The fourth-order valence-electron chi connectivity index (χ4n) is 2.71. The number of amides is 3. The lowest BCUT2D eigenvalue weighted by atomic mass is 10.1. The van der Waals surface area contributed by atoms with Gasteiger partial charge < -0.3 is 9.64 Å². The lowest BCUT2D eigenvalue weighted by molar-refractivity contribution is -0.118. The number of imide groups is 1. The van der Waals surface area contributed by atoms with Gasteiger partial charge in [-0.05, 0) is 37.0 Å². The zero-order valence-electron chi connectivity index (χ0n) is 17.1. The van der Waals surface area contributed by atoms with Crippen LogP contribution in [0, 0.1) is 5.92 Å². The highest BCUT2D eigenvalue weighted by Gasteiger charge is 2.25. The van der Waals surface area contributed by atoms with Crippen LogP contribution in [-0.2, 0) is 14.8 Å². The van der Waals surface area contributed by atoms with Crippen molar-refractivity contribution in [3.63, 3.8) is 0 Å². The second-order valence-corrected chi connectivity index (χ2v) is 9.30. The minimum Gasteiger partial charge on any atom is -0.493 e. The molecule has 0 aromatic heterocycles. The van der Waals surface area contributed by atoms with E-state index in [9.17, 15) is 18.0 Å². The van der Waals surface area contributed by atoms with Gasteiger partial charge in [-0.1, -0.05) is 38.1 Å². The van der Waals surface area contributed by atoms with Gasteiger partial charge in [-0.3, -0.25) is 10.1 Å². The van der Waals surface area contributed by atoms with Crippen LogP contribution in [0.2, 0.25) is 0 Å². The summed E-state index contributed by atoms with van der Waals surface area (Å²) < 4.78 is 33.0. The summed E-state index contributed by atoms with van der Waals surface area (Å²) in [5.74, 6) is 0.725. The van der Waals surface area contributed by atoms with Gasteiger partial charge in [0.2, 0.25) is 15.9 Å². The number of sulfonamides is 1. The van der Waals surface area contributed by atoms with Crippen molar-refractivity contribution in [1.82, 2.24) is 14.9 Å². The normalized spacial score (nSPS) is 15.9. The predicted octanol–water partition coefficient (Wildman–Crippen LogP) is 2.20. The molecule has 1 aliphatic rings. The zero-order chi connectivity index (χ0) is 21.4. The molecule has 1 atom stereocenters. The van der Waals surface area contributed by atoms with Crippen molar-refractivity contribution in [2.75, 3.05) is 25.4 Å². The molecule has 160 valence electrons. The Morgan fingerprint density at radius 1 is 1.24 bits per heavy atom. The van der Waals surface area contributed by atoms with E-state index in [1.807, 2.05) is 24.3 Å². The molecule has 2 rings (SSSR count).